The van der Waals surface area contributed by atoms with Gasteiger partial charge in [-0.15, -0.1) is 5.10 Å². The zero-order chi connectivity index (χ0) is 14.4. The van der Waals surface area contributed by atoms with Crippen molar-refractivity contribution in [1.29, 1.82) is 0 Å². The molecule has 0 atom stereocenters. The normalized spacial score (nSPS) is 11.1. The van der Waals surface area contributed by atoms with Crippen molar-refractivity contribution in [2.24, 2.45) is 0 Å². The van der Waals surface area contributed by atoms with E-state index in [1.54, 1.807) is 10.7 Å². The number of carbonyl (C=O) groups is 1. The highest BCUT2D eigenvalue weighted by molar-refractivity contribution is 6.00. The molecule has 2 aromatic rings. The number of carboxylic acid groups (broad SMARTS) is 1. The van der Waals surface area contributed by atoms with Gasteiger partial charge in [0.05, 0.1) is 11.1 Å². The number of hydrogen-bond acceptors (Lipinski definition) is 4. The molecular weight excluding hydrogens is 258 g/mol. The molecule has 1 aromatic carbocycles. The summed E-state index contributed by atoms with van der Waals surface area (Å²) < 4.78 is 7.22. The molecule has 0 spiro atoms. The summed E-state index contributed by atoms with van der Waals surface area (Å²) in [5.74, 6) is -0.981. The van der Waals surface area contributed by atoms with Gasteiger partial charge in [0, 0.05) is 19.8 Å². The Bertz CT molecular complexity index is 580. The Balaban J connectivity index is 1.98. The van der Waals surface area contributed by atoms with Crippen LogP contribution in [-0.4, -0.2) is 39.3 Å². The molecule has 0 saturated carbocycles. The van der Waals surface area contributed by atoms with E-state index in [-0.39, 0.29) is 5.56 Å². The van der Waals surface area contributed by atoms with Crippen LogP contribution in [0.5, 0.6) is 0 Å². The number of benzene rings is 1. The molecule has 1 heterocycles. The quantitative estimate of drug-likeness (QED) is 0.749. The van der Waals surface area contributed by atoms with Gasteiger partial charge in [0.1, 0.15) is 5.52 Å². The van der Waals surface area contributed by atoms with E-state index in [9.17, 15) is 4.79 Å². The number of rotatable bonds is 8. The second-order valence-electron chi connectivity index (χ2n) is 4.61. The molecule has 0 unspecified atom stereocenters. The predicted molar refractivity (Wildman–Crippen MR) is 74.8 cm³/mol. The summed E-state index contributed by atoms with van der Waals surface area (Å²) in [7, 11) is 0. The summed E-state index contributed by atoms with van der Waals surface area (Å²) in [6, 6.07) is 5.08. The van der Waals surface area contributed by atoms with Crippen LogP contribution in [0.3, 0.4) is 0 Å². The number of hydrogen-bond donors (Lipinski definition) is 1. The number of carboxylic acids is 1. The maximum Gasteiger partial charge on any atom is 0.338 e. The van der Waals surface area contributed by atoms with Gasteiger partial charge in [0.25, 0.3) is 0 Å². The lowest BCUT2D eigenvalue weighted by molar-refractivity contribution is 0.0699. The predicted octanol–water partition coefficient (Wildman–Crippen LogP) is 2.34. The van der Waals surface area contributed by atoms with Crippen LogP contribution in [0.4, 0.5) is 0 Å². The van der Waals surface area contributed by atoms with Gasteiger partial charge in [-0.2, -0.15) is 0 Å². The van der Waals surface area contributed by atoms with Gasteiger partial charge in [0.15, 0.2) is 0 Å². The number of unbranched alkanes of at least 4 members (excludes halogenated alkanes) is 1. The number of nitrogens with zero attached hydrogens (tertiary/aromatic N) is 3. The van der Waals surface area contributed by atoms with Crippen molar-refractivity contribution in [3.63, 3.8) is 0 Å². The molecule has 0 aliphatic rings. The third-order valence-corrected chi connectivity index (χ3v) is 3.08. The van der Waals surface area contributed by atoms with Gasteiger partial charge in [0.2, 0.25) is 0 Å². The topological polar surface area (TPSA) is 77.2 Å². The van der Waals surface area contributed by atoms with E-state index < -0.39 is 5.97 Å². The first-order valence-corrected chi connectivity index (χ1v) is 6.87. The fourth-order valence-corrected chi connectivity index (χ4v) is 1.99. The lowest BCUT2D eigenvalue weighted by Crippen LogP contribution is -2.05. The summed E-state index contributed by atoms with van der Waals surface area (Å²) in [5, 5.41) is 17.1. The fourth-order valence-electron chi connectivity index (χ4n) is 1.99. The zero-order valence-electron chi connectivity index (χ0n) is 11.6. The second-order valence-corrected chi connectivity index (χ2v) is 4.61. The van der Waals surface area contributed by atoms with Crippen LogP contribution in [0.25, 0.3) is 11.0 Å². The highest BCUT2D eigenvalue weighted by Crippen LogP contribution is 2.16. The molecular formula is C14H19N3O3. The van der Waals surface area contributed by atoms with E-state index in [0.29, 0.717) is 18.7 Å². The summed E-state index contributed by atoms with van der Waals surface area (Å²) in [6.07, 6.45) is 3.04. The van der Waals surface area contributed by atoms with Crippen molar-refractivity contribution in [3.05, 3.63) is 23.8 Å². The second kappa shape index (κ2) is 7.00. The van der Waals surface area contributed by atoms with Crippen molar-refractivity contribution >= 4 is 17.0 Å². The minimum atomic E-state index is -0.981. The molecule has 6 nitrogen and oxygen atoms in total. The number of ether oxygens (including phenoxy) is 1. The van der Waals surface area contributed by atoms with Crippen LogP contribution in [0.2, 0.25) is 0 Å². The van der Waals surface area contributed by atoms with E-state index in [0.717, 1.165) is 31.4 Å². The Morgan fingerprint density at radius 2 is 2.15 bits per heavy atom. The van der Waals surface area contributed by atoms with Crippen LogP contribution in [0.1, 0.15) is 36.5 Å². The lowest BCUT2D eigenvalue weighted by atomic mass is 10.2. The third kappa shape index (κ3) is 3.33. The van der Waals surface area contributed by atoms with E-state index in [4.69, 9.17) is 9.84 Å². The van der Waals surface area contributed by atoms with E-state index >= 15 is 0 Å². The first-order chi connectivity index (χ1) is 9.74. The highest BCUT2D eigenvalue weighted by Gasteiger charge is 2.13. The average molecular weight is 277 g/mol. The molecule has 20 heavy (non-hydrogen) atoms. The van der Waals surface area contributed by atoms with E-state index in [1.807, 2.05) is 6.07 Å². The van der Waals surface area contributed by atoms with Crippen LogP contribution in [0, 0.1) is 0 Å². The van der Waals surface area contributed by atoms with Crippen LogP contribution in [0.15, 0.2) is 18.2 Å². The molecule has 0 saturated heterocycles. The molecule has 6 heteroatoms. The Kier molecular flexibility index (Phi) is 5.06. The van der Waals surface area contributed by atoms with Gasteiger partial charge in [-0.25, -0.2) is 9.48 Å². The maximum atomic E-state index is 11.1. The first kappa shape index (κ1) is 14.5. The van der Waals surface area contributed by atoms with Gasteiger partial charge in [-0.1, -0.05) is 24.6 Å². The molecule has 0 aliphatic heterocycles. The first-order valence-electron chi connectivity index (χ1n) is 6.87. The zero-order valence-corrected chi connectivity index (χ0v) is 11.6. The van der Waals surface area contributed by atoms with Crippen molar-refractivity contribution in [2.75, 3.05) is 13.2 Å². The van der Waals surface area contributed by atoms with Crippen LogP contribution < -0.4 is 0 Å². The monoisotopic (exact) mass is 277 g/mol. The molecule has 0 bridgehead atoms. The number of aromatic nitrogens is 3. The molecule has 2 rings (SSSR count). The summed E-state index contributed by atoms with van der Waals surface area (Å²) >= 11 is 0. The third-order valence-electron chi connectivity index (χ3n) is 3.08. The number of aryl methyl sites for hydroxylation is 1. The minimum Gasteiger partial charge on any atom is -0.478 e. The molecule has 1 aromatic heterocycles. The largest absolute Gasteiger partial charge is 0.478 e. The van der Waals surface area contributed by atoms with Crippen molar-refractivity contribution < 1.29 is 14.6 Å². The van der Waals surface area contributed by atoms with E-state index in [2.05, 4.69) is 17.2 Å². The summed E-state index contributed by atoms with van der Waals surface area (Å²) in [5.41, 5.74) is 1.37. The minimum absolute atomic E-state index is 0.188. The Hall–Kier alpha value is -1.95. The fraction of sp³-hybridized carbons (Fsp3) is 0.500. The van der Waals surface area contributed by atoms with Gasteiger partial charge in [-0.05, 0) is 25.0 Å². The van der Waals surface area contributed by atoms with Crippen molar-refractivity contribution in [3.8, 4) is 0 Å². The SMILES string of the molecule is CCCCOCCCn1nnc2c(C(=O)O)cccc21. The highest BCUT2D eigenvalue weighted by atomic mass is 16.5. The van der Waals surface area contributed by atoms with E-state index in [1.165, 1.54) is 6.07 Å². The molecule has 0 aliphatic carbocycles. The number of aromatic carboxylic acids is 1. The molecule has 1 N–H and O–H groups in total. The molecule has 0 fully saturated rings. The Morgan fingerprint density at radius 1 is 1.35 bits per heavy atom. The van der Waals surface area contributed by atoms with Crippen LogP contribution in [-0.2, 0) is 11.3 Å². The smallest absolute Gasteiger partial charge is 0.338 e. The van der Waals surface area contributed by atoms with Gasteiger partial charge < -0.3 is 9.84 Å². The lowest BCUT2D eigenvalue weighted by Gasteiger charge is -2.04. The standard InChI is InChI=1S/C14H19N3O3/c1-2-3-9-20-10-5-8-17-12-7-4-6-11(14(18)19)13(12)15-16-17/h4,6-7H,2-3,5,8-10H2,1H3,(H,18,19). The summed E-state index contributed by atoms with van der Waals surface area (Å²) in [6.45, 7) is 4.27. The Labute approximate surface area is 117 Å². The van der Waals surface area contributed by atoms with Crippen molar-refractivity contribution in [1.82, 2.24) is 15.0 Å². The maximum absolute atomic E-state index is 11.1. The summed E-state index contributed by atoms with van der Waals surface area (Å²) in [4.78, 5) is 11.1. The molecule has 0 radical (unpaired) electrons. The molecule has 0 amide bonds. The van der Waals surface area contributed by atoms with Gasteiger partial charge in [-0.3, -0.25) is 0 Å². The van der Waals surface area contributed by atoms with Crippen molar-refractivity contribution in [2.45, 2.75) is 32.7 Å². The molecule has 108 valence electrons. The van der Waals surface area contributed by atoms with Gasteiger partial charge >= 0.3 is 5.97 Å². The Morgan fingerprint density at radius 3 is 2.90 bits per heavy atom. The van der Waals surface area contributed by atoms with Crippen LogP contribution >= 0.6 is 0 Å². The average Bonchev–Trinajstić information content (AvgIpc) is 2.85. The number of fused-ring (bicyclic) bond motifs is 1.